The summed E-state index contributed by atoms with van der Waals surface area (Å²) in [7, 11) is 1.56. The number of carbonyl (C=O) groups excluding carboxylic acids is 2. The largest absolute Gasteiger partial charge is 0.497 e. The predicted molar refractivity (Wildman–Crippen MR) is 115 cm³/mol. The molecule has 0 heterocycles. The Hall–Kier alpha value is -3.63. The van der Waals surface area contributed by atoms with Crippen molar-refractivity contribution in [2.75, 3.05) is 32.2 Å². The van der Waals surface area contributed by atoms with Gasteiger partial charge in [-0.3, -0.25) is 9.59 Å². The van der Waals surface area contributed by atoms with Crippen LogP contribution < -0.4 is 15.4 Å². The fraction of sp³-hybridized carbons (Fsp3) is 0.261. The third-order valence-electron chi connectivity index (χ3n) is 4.13. The van der Waals surface area contributed by atoms with Crippen LogP contribution in [0, 0.1) is 11.3 Å². The van der Waals surface area contributed by atoms with Crippen LogP contribution >= 0.6 is 0 Å². The number of nitrogens with one attached hydrogen (secondary N) is 2. The van der Waals surface area contributed by atoms with Gasteiger partial charge in [0.25, 0.3) is 11.8 Å². The molecular formula is C23H25N3O4. The lowest BCUT2D eigenvalue weighted by molar-refractivity contribution is -0.117. The van der Waals surface area contributed by atoms with Gasteiger partial charge in [-0.15, -0.1) is 0 Å². The molecule has 0 aliphatic heterocycles. The molecule has 2 N–H and O–H groups in total. The number of hydrogen-bond donors (Lipinski definition) is 2. The van der Waals surface area contributed by atoms with Crippen LogP contribution in [-0.4, -0.2) is 38.7 Å². The summed E-state index contributed by atoms with van der Waals surface area (Å²) < 4.78 is 10.3. The van der Waals surface area contributed by atoms with E-state index in [9.17, 15) is 14.9 Å². The molecule has 0 spiro atoms. The predicted octanol–water partition coefficient (Wildman–Crippen LogP) is 3.40. The van der Waals surface area contributed by atoms with Crippen molar-refractivity contribution >= 4 is 23.6 Å². The Morgan fingerprint density at radius 2 is 1.93 bits per heavy atom. The molecule has 2 rings (SSSR count). The number of amides is 2. The monoisotopic (exact) mass is 407 g/mol. The zero-order chi connectivity index (χ0) is 21.8. The molecular weight excluding hydrogens is 382 g/mol. The molecule has 0 radical (unpaired) electrons. The highest BCUT2D eigenvalue weighted by atomic mass is 16.5. The van der Waals surface area contributed by atoms with E-state index in [1.807, 2.05) is 13.0 Å². The van der Waals surface area contributed by atoms with Crippen LogP contribution in [-0.2, 0) is 9.53 Å². The van der Waals surface area contributed by atoms with Gasteiger partial charge in [-0.05, 0) is 61.4 Å². The number of nitriles is 1. The maximum atomic E-state index is 12.4. The van der Waals surface area contributed by atoms with Gasteiger partial charge in [-0.1, -0.05) is 12.1 Å². The number of benzene rings is 2. The highest BCUT2D eigenvalue weighted by molar-refractivity contribution is 6.05. The first kappa shape index (κ1) is 22.7. The molecule has 0 aliphatic carbocycles. The third kappa shape index (κ3) is 7.08. The van der Waals surface area contributed by atoms with Crippen molar-refractivity contribution in [3.63, 3.8) is 0 Å². The van der Waals surface area contributed by atoms with E-state index in [-0.39, 0.29) is 11.5 Å². The summed E-state index contributed by atoms with van der Waals surface area (Å²) in [5.74, 6) is -0.0492. The summed E-state index contributed by atoms with van der Waals surface area (Å²) in [5, 5.41) is 14.8. The number of nitrogens with zero attached hydrogens (tertiary/aromatic N) is 1. The van der Waals surface area contributed by atoms with Crippen molar-refractivity contribution in [3.8, 4) is 11.8 Å². The Labute approximate surface area is 176 Å². The molecule has 0 saturated heterocycles. The normalized spacial score (nSPS) is 10.8. The first-order chi connectivity index (χ1) is 14.6. The Kier molecular flexibility index (Phi) is 9.10. The van der Waals surface area contributed by atoms with E-state index in [0.29, 0.717) is 48.7 Å². The van der Waals surface area contributed by atoms with Gasteiger partial charge in [0.05, 0.1) is 7.11 Å². The zero-order valence-electron chi connectivity index (χ0n) is 17.1. The highest BCUT2D eigenvalue weighted by Crippen LogP contribution is 2.16. The molecule has 7 heteroatoms. The zero-order valence-corrected chi connectivity index (χ0v) is 17.1. The minimum atomic E-state index is -0.443. The number of ether oxygens (including phenoxy) is 2. The van der Waals surface area contributed by atoms with Gasteiger partial charge in [-0.25, -0.2) is 0 Å². The fourth-order valence-corrected chi connectivity index (χ4v) is 2.58. The molecule has 7 nitrogen and oxygen atoms in total. The molecule has 0 fully saturated rings. The molecule has 2 aromatic carbocycles. The van der Waals surface area contributed by atoms with E-state index >= 15 is 0 Å². The molecule has 0 aliphatic rings. The van der Waals surface area contributed by atoms with Gasteiger partial charge in [0.2, 0.25) is 0 Å². The van der Waals surface area contributed by atoms with Gasteiger partial charge in [0, 0.05) is 31.0 Å². The van der Waals surface area contributed by atoms with E-state index in [1.54, 1.807) is 55.6 Å². The number of carbonyl (C=O) groups is 2. The Morgan fingerprint density at radius 3 is 2.60 bits per heavy atom. The minimum absolute atomic E-state index is 0.00922. The molecule has 156 valence electrons. The van der Waals surface area contributed by atoms with Crippen LogP contribution in [0.2, 0.25) is 0 Å². The summed E-state index contributed by atoms with van der Waals surface area (Å²) in [4.78, 5) is 24.6. The summed E-state index contributed by atoms with van der Waals surface area (Å²) in [5.41, 5.74) is 1.66. The molecule has 0 atom stereocenters. The third-order valence-corrected chi connectivity index (χ3v) is 4.13. The lowest BCUT2D eigenvalue weighted by Crippen LogP contribution is -2.26. The summed E-state index contributed by atoms with van der Waals surface area (Å²) in [6, 6.07) is 15.6. The van der Waals surface area contributed by atoms with Gasteiger partial charge in [0.1, 0.15) is 17.4 Å². The smallest absolute Gasteiger partial charge is 0.261 e. The molecule has 0 bridgehead atoms. The number of rotatable bonds is 10. The van der Waals surface area contributed by atoms with Crippen LogP contribution in [0.25, 0.3) is 6.08 Å². The van der Waals surface area contributed by atoms with Crippen molar-refractivity contribution in [1.29, 1.82) is 5.26 Å². The second-order valence-electron chi connectivity index (χ2n) is 6.28. The quantitative estimate of drug-likeness (QED) is 0.357. The second kappa shape index (κ2) is 12.0. The minimum Gasteiger partial charge on any atom is -0.497 e. The van der Waals surface area contributed by atoms with Crippen LogP contribution in [0.5, 0.6) is 5.75 Å². The molecule has 2 amide bonds. The van der Waals surface area contributed by atoms with E-state index in [1.165, 1.54) is 6.08 Å². The summed E-state index contributed by atoms with van der Waals surface area (Å²) in [6.45, 7) is 3.51. The van der Waals surface area contributed by atoms with Crippen LogP contribution in [0.4, 0.5) is 5.69 Å². The SMILES string of the molecule is CCOCCCNC(=O)/C(C#N)=C/c1cccc(NC(=O)c2ccc(OC)cc2)c1. The van der Waals surface area contributed by atoms with Crippen molar-refractivity contribution < 1.29 is 19.1 Å². The van der Waals surface area contributed by atoms with Gasteiger partial charge >= 0.3 is 0 Å². The van der Waals surface area contributed by atoms with E-state index in [0.717, 1.165) is 0 Å². The highest BCUT2D eigenvalue weighted by Gasteiger charge is 2.10. The van der Waals surface area contributed by atoms with E-state index < -0.39 is 5.91 Å². The second-order valence-corrected chi connectivity index (χ2v) is 6.28. The van der Waals surface area contributed by atoms with Crippen molar-refractivity contribution in [3.05, 3.63) is 65.2 Å². The first-order valence-electron chi connectivity index (χ1n) is 9.60. The van der Waals surface area contributed by atoms with Crippen LogP contribution in [0.15, 0.2) is 54.1 Å². The molecule has 0 saturated carbocycles. The van der Waals surface area contributed by atoms with Crippen molar-refractivity contribution in [2.24, 2.45) is 0 Å². The molecule has 2 aromatic rings. The van der Waals surface area contributed by atoms with Gasteiger partial charge in [-0.2, -0.15) is 5.26 Å². The number of anilines is 1. The van der Waals surface area contributed by atoms with Gasteiger partial charge < -0.3 is 20.1 Å². The maximum absolute atomic E-state index is 12.4. The summed E-state index contributed by atoms with van der Waals surface area (Å²) in [6.07, 6.45) is 2.16. The Balaban J connectivity index is 2.02. The number of hydrogen-bond acceptors (Lipinski definition) is 5. The molecule has 30 heavy (non-hydrogen) atoms. The lowest BCUT2D eigenvalue weighted by atomic mass is 10.1. The average molecular weight is 407 g/mol. The topological polar surface area (TPSA) is 100 Å². The molecule has 0 unspecified atom stereocenters. The van der Waals surface area contributed by atoms with Crippen LogP contribution in [0.1, 0.15) is 29.3 Å². The molecule has 0 aromatic heterocycles. The summed E-state index contributed by atoms with van der Waals surface area (Å²) >= 11 is 0. The number of methoxy groups -OCH3 is 1. The first-order valence-corrected chi connectivity index (χ1v) is 9.60. The lowest BCUT2D eigenvalue weighted by Gasteiger charge is -2.08. The van der Waals surface area contributed by atoms with Crippen LogP contribution in [0.3, 0.4) is 0 Å². The Morgan fingerprint density at radius 1 is 1.17 bits per heavy atom. The van der Waals surface area contributed by atoms with Crippen molar-refractivity contribution in [2.45, 2.75) is 13.3 Å². The maximum Gasteiger partial charge on any atom is 0.261 e. The van der Waals surface area contributed by atoms with Gasteiger partial charge in [0.15, 0.2) is 0 Å². The Bertz CT molecular complexity index is 930. The van der Waals surface area contributed by atoms with E-state index in [4.69, 9.17) is 9.47 Å². The standard InChI is InChI=1S/C23H25N3O4/c1-3-30-13-5-12-25-22(27)19(16-24)14-17-6-4-7-20(15-17)26-23(28)18-8-10-21(29-2)11-9-18/h4,6-11,14-15H,3,5,12-13H2,1-2H3,(H,25,27)(H,26,28)/b19-14+. The van der Waals surface area contributed by atoms with Crippen molar-refractivity contribution in [1.82, 2.24) is 5.32 Å². The van der Waals surface area contributed by atoms with E-state index in [2.05, 4.69) is 10.6 Å². The fourth-order valence-electron chi connectivity index (χ4n) is 2.58. The average Bonchev–Trinajstić information content (AvgIpc) is 2.77.